The molecule has 3 N–H and O–H groups in total. The highest BCUT2D eigenvalue weighted by molar-refractivity contribution is 7.14. The molecule has 2 aromatic carbocycles. The minimum atomic E-state index is -4.88. The van der Waals surface area contributed by atoms with Gasteiger partial charge in [0.05, 0.1) is 27.4 Å². The summed E-state index contributed by atoms with van der Waals surface area (Å²) in [5.74, 6) is -2.00. The number of thiophene rings is 1. The number of alkyl halides is 3. The van der Waals surface area contributed by atoms with Gasteiger partial charge in [-0.1, -0.05) is 6.07 Å². The molecule has 4 aromatic rings. The van der Waals surface area contributed by atoms with Crippen molar-refractivity contribution in [3.63, 3.8) is 0 Å². The summed E-state index contributed by atoms with van der Waals surface area (Å²) in [4.78, 5) is 50.6. The molecule has 6 heterocycles. The number of carbonyl (C=O) groups excluding carboxylic acids is 3. The number of hydrogen-bond donors (Lipinski definition) is 3. The number of pyridine rings is 1. The lowest BCUT2D eigenvalue weighted by Crippen LogP contribution is -2.59. The van der Waals surface area contributed by atoms with Crippen LogP contribution in [0, 0.1) is 18.2 Å². The van der Waals surface area contributed by atoms with Crippen molar-refractivity contribution >= 4 is 46.3 Å². The molecule has 1 atom stereocenters. The van der Waals surface area contributed by atoms with Gasteiger partial charge in [-0.15, -0.1) is 11.3 Å². The van der Waals surface area contributed by atoms with E-state index < -0.39 is 34.7 Å². The van der Waals surface area contributed by atoms with Gasteiger partial charge in [0.15, 0.2) is 0 Å². The van der Waals surface area contributed by atoms with Gasteiger partial charge in [-0.3, -0.25) is 14.4 Å². The van der Waals surface area contributed by atoms with Crippen LogP contribution in [0.1, 0.15) is 78.8 Å². The average Bonchev–Trinajstić information content (AvgIpc) is 3.56. The maximum absolute atomic E-state index is 14.6. The lowest BCUT2D eigenvalue weighted by Gasteiger charge is -2.53. The zero-order valence-corrected chi connectivity index (χ0v) is 32.3. The summed E-state index contributed by atoms with van der Waals surface area (Å²) in [6, 6.07) is 14.4. The summed E-state index contributed by atoms with van der Waals surface area (Å²) in [6.07, 6.45) is 1.13. The van der Waals surface area contributed by atoms with Crippen molar-refractivity contribution in [2.45, 2.75) is 51.7 Å². The smallest absolute Gasteiger partial charge is 0.381 e. The van der Waals surface area contributed by atoms with Crippen LogP contribution < -0.4 is 20.9 Å². The van der Waals surface area contributed by atoms with E-state index in [4.69, 9.17) is 9.72 Å². The number of aryl methyl sites for hydroxylation is 1. The fraction of sp³-hybridized carbons (Fsp3) is 0.333. The lowest BCUT2D eigenvalue weighted by atomic mass is 9.73. The van der Waals surface area contributed by atoms with E-state index in [1.54, 1.807) is 41.3 Å². The number of fused-ring (bicyclic) bond motifs is 3. The van der Waals surface area contributed by atoms with Crippen LogP contribution in [0.2, 0.25) is 0 Å². The first kappa shape index (κ1) is 38.3. The van der Waals surface area contributed by atoms with Crippen molar-refractivity contribution in [3.8, 4) is 0 Å². The summed E-state index contributed by atoms with van der Waals surface area (Å²) in [6.45, 7) is 9.03. The molecule has 1 spiro atoms. The van der Waals surface area contributed by atoms with Crippen LogP contribution in [0.3, 0.4) is 0 Å². The van der Waals surface area contributed by atoms with Crippen LogP contribution in [-0.4, -0.2) is 60.5 Å². The van der Waals surface area contributed by atoms with Crippen LogP contribution in [0.25, 0.3) is 0 Å². The van der Waals surface area contributed by atoms with E-state index in [0.29, 0.717) is 45.7 Å². The molecule has 8 rings (SSSR count). The highest BCUT2D eigenvalue weighted by atomic mass is 32.1. The normalized spacial score (nSPS) is 19.9. The standard InChI is InChI=1S/C42H40F4N6O4S/c1-24-7-13-29(36(47-24)51-22-41(23-51)16-19-56-20-17-41)37(53)48-28-11-9-26(10-12-28)39(55)52-18-15-27-21-32(57-35(27)40(3)33(52)14-8-25(2)50-40)38(54)49-34-30(42(44,45)46)5-4-6-31(34)43/h4-14,21,50H,15-20,22-23H2,1-3H3,(H,48,53)(H,49,54). The maximum atomic E-state index is 14.6. The predicted octanol–water partition coefficient (Wildman–Crippen LogP) is 8.04. The van der Waals surface area contributed by atoms with Crippen molar-refractivity contribution in [1.82, 2.24) is 15.2 Å². The van der Waals surface area contributed by atoms with Crippen molar-refractivity contribution in [2.75, 3.05) is 48.4 Å². The van der Waals surface area contributed by atoms with E-state index in [-0.39, 0.29) is 28.7 Å². The van der Waals surface area contributed by atoms with Gasteiger partial charge in [-0.2, -0.15) is 13.2 Å². The second kappa shape index (κ2) is 14.4. The molecule has 4 aliphatic rings. The molecule has 1 unspecified atom stereocenters. The molecule has 296 valence electrons. The zero-order chi connectivity index (χ0) is 40.3. The van der Waals surface area contributed by atoms with Crippen molar-refractivity contribution in [3.05, 3.63) is 128 Å². The minimum Gasteiger partial charge on any atom is -0.381 e. The first-order valence-electron chi connectivity index (χ1n) is 18.7. The van der Waals surface area contributed by atoms with E-state index in [1.165, 1.54) is 0 Å². The molecule has 0 radical (unpaired) electrons. The molecule has 0 saturated carbocycles. The molecule has 2 aromatic heterocycles. The summed E-state index contributed by atoms with van der Waals surface area (Å²) in [5.41, 5.74) is 1.32. The second-order valence-electron chi connectivity index (χ2n) is 15.3. The number of para-hydroxylation sites is 1. The first-order chi connectivity index (χ1) is 27.1. The number of benzene rings is 2. The summed E-state index contributed by atoms with van der Waals surface area (Å²) < 4.78 is 61.1. The van der Waals surface area contributed by atoms with Gasteiger partial charge in [0.2, 0.25) is 0 Å². The lowest BCUT2D eigenvalue weighted by molar-refractivity contribution is -0.137. The molecular formula is C42H40F4N6O4S. The molecule has 10 nitrogen and oxygen atoms in total. The quantitative estimate of drug-likeness (QED) is 0.169. The van der Waals surface area contributed by atoms with Gasteiger partial charge < -0.3 is 30.5 Å². The monoisotopic (exact) mass is 800 g/mol. The van der Waals surface area contributed by atoms with Gasteiger partial charge in [0, 0.05) is 65.8 Å². The molecule has 15 heteroatoms. The van der Waals surface area contributed by atoms with Crippen LogP contribution in [0.4, 0.5) is 34.8 Å². The number of rotatable bonds is 6. The van der Waals surface area contributed by atoms with Crippen molar-refractivity contribution in [2.24, 2.45) is 5.41 Å². The maximum Gasteiger partial charge on any atom is 0.418 e. The molecule has 2 fully saturated rings. The summed E-state index contributed by atoms with van der Waals surface area (Å²) >= 11 is 1.07. The molecule has 0 bridgehead atoms. The van der Waals surface area contributed by atoms with E-state index in [1.807, 2.05) is 39.0 Å². The predicted molar refractivity (Wildman–Crippen MR) is 209 cm³/mol. The highest BCUT2D eigenvalue weighted by Gasteiger charge is 2.46. The largest absolute Gasteiger partial charge is 0.418 e. The van der Waals surface area contributed by atoms with E-state index >= 15 is 0 Å². The average molecular weight is 801 g/mol. The van der Waals surface area contributed by atoms with Crippen LogP contribution in [0.5, 0.6) is 0 Å². The number of nitrogens with zero attached hydrogens (tertiary/aromatic N) is 3. The van der Waals surface area contributed by atoms with Crippen molar-refractivity contribution in [1.29, 1.82) is 0 Å². The Hall–Kier alpha value is -5.54. The fourth-order valence-corrected chi connectivity index (χ4v) is 9.44. The van der Waals surface area contributed by atoms with Crippen LogP contribution >= 0.6 is 11.3 Å². The summed E-state index contributed by atoms with van der Waals surface area (Å²) in [5, 5.41) is 8.58. The van der Waals surface area contributed by atoms with Gasteiger partial charge in [-0.25, -0.2) is 9.37 Å². The highest BCUT2D eigenvalue weighted by Crippen LogP contribution is 2.45. The van der Waals surface area contributed by atoms with E-state index in [0.717, 1.165) is 79.6 Å². The third-order valence-corrected chi connectivity index (χ3v) is 12.6. The Kier molecular flexibility index (Phi) is 9.71. The third kappa shape index (κ3) is 7.18. The third-order valence-electron chi connectivity index (χ3n) is 11.2. The molecule has 57 heavy (non-hydrogen) atoms. The molecule has 0 aliphatic carbocycles. The Balaban J connectivity index is 0.993. The Labute approximate surface area is 330 Å². The van der Waals surface area contributed by atoms with Gasteiger partial charge >= 0.3 is 6.18 Å². The number of ether oxygens (including phenoxy) is 1. The number of amides is 3. The van der Waals surface area contributed by atoms with Crippen LogP contribution in [0.15, 0.2) is 84.2 Å². The van der Waals surface area contributed by atoms with Crippen molar-refractivity contribution < 1.29 is 36.7 Å². The number of halogens is 4. The number of anilines is 3. The number of hydrogen-bond acceptors (Lipinski definition) is 8. The Morgan fingerprint density at radius 3 is 2.40 bits per heavy atom. The molecule has 3 amide bonds. The number of carbonyl (C=O) groups is 3. The van der Waals surface area contributed by atoms with Crippen LogP contribution in [-0.2, 0) is 22.9 Å². The SMILES string of the molecule is CC1=CC=C2N(C(=O)c3ccc(NC(=O)c4ccc(C)nc4N4CC5(CCOCC5)C4)cc3)CCc3cc(C(=O)Nc4c(F)cccc4C(F)(F)F)sc3C2(C)N1. The van der Waals surface area contributed by atoms with Gasteiger partial charge in [0.25, 0.3) is 17.7 Å². The zero-order valence-electron chi connectivity index (χ0n) is 31.5. The Morgan fingerprint density at radius 2 is 1.68 bits per heavy atom. The van der Waals surface area contributed by atoms with Gasteiger partial charge in [0.1, 0.15) is 17.2 Å². The number of allylic oxidation sites excluding steroid dienone is 3. The van der Waals surface area contributed by atoms with E-state index in [9.17, 15) is 31.9 Å². The minimum absolute atomic E-state index is 0.102. The number of dihydropyridines is 1. The number of aromatic nitrogens is 1. The topological polar surface area (TPSA) is 116 Å². The van der Waals surface area contributed by atoms with Gasteiger partial charge in [-0.05, 0) is 112 Å². The second-order valence-corrected chi connectivity index (χ2v) is 16.3. The van der Waals surface area contributed by atoms with E-state index in [2.05, 4.69) is 20.9 Å². The molecular weight excluding hydrogens is 761 g/mol. The first-order valence-corrected chi connectivity index (χ1v) is 19.5. The Morgan fingerprint density at radius 1 is 0.947 bits per heavy atom. The molecule has 4 aliphatic heterocycles. The Bertz CT molecular complexity index is 2340. The molecule has 2 saturated heterocycles. The fourth-order valence-electron chi connectivity index (χ4n) is 8.22. The number of nitrogens with one attached hydrogen (secondary N) is 3. The summed E-state index contributed by atoms with van der Waals surface area (Å²) in [7, 11) is 0.